The van der Waals surface area contributed by atoms with Gasteiger partial charge in [-0.25, -0.2) is 13.1 Å². The van der Waals surface area contributed by atoms with E-state index in [-0.39, 0.29) is 22.9 Å². The van der Waals surface area contributed by atoms with Gasteiger partial charge in [0.1, 0.15) is 5.60 Å². The Balaban J connectivity index is 2.12. The third-order valence-corrected chi connectivity index (χ3v) is 9.30. The molecule has 9 nitrogen and oxygen atoms in total. The van der Waals surface area contributed by atoms with Crippen molar-refractivity contribution < 1.29 is 27.9 Å². The molecule has 0 saturated heterocycles. The molecule has 0 spiro atoms. The second-order valence-electron chi connectivity index (χ2n) is 13.4. The minimum atomic E-state index is -3.92. The van der Waals surface area contributed by atoms with Crippen molar-refractivity contribution in [3.05, 3.63) is 41.1 Å². The van der Waals surface area contributed by atoms with Gasteiger partial charge in [0.05, 0.1) is 22.6 Å². The van der Waals surface area contributed by atoms with E-state index >= 15 is 0 Å². The zero-order valence-electron chi connectivity index (χ0n) is 25.8. The van der Waals surface area contributed by atoms with Crippen LogP contribution >= 0.6 is 0 Å². The highest BCUT2D eigenvalue weighted by atomic mass is 32.2. The molecule has 41 heavy (non-hydrogen) atoms. The summed E-state index contributed by atoms with van der Waals surface area (Å²) in [5.74, 6) is 0.179. The summed E-state index contributed by atoms with van der Waals surface area (Å²) in [5, 5.41) is 14.0. The van der Waals surface area contributed by atoms with E-state index in [0.29, 0.717) is 23.5 Å². The number of sulfonamides is 1. The number of benzene rings is 1. The number of nitrogens with zero attached hydrogens (tertiary/aromatic N) is 1. The van der Waals surface area contributed by atoms with E-state index in [9.17, 15) is 23.1 Å². The van der Waals surface area contributed by atoms with E-state index in [2.05, 4.69) is 14.6 Å². The van der Waals surface area contributed by atoms with Crippen molar-refractivity contribution in [1.82, 2.24) is 14.6 Å². The molecule has 1 aromatic heterocycles. The number of hydrogen-bond donors (Lipinski definition) is 3. The second-order valence-corrected chi connectivity index (χ2v) is 15.1. The maximum Gasteiger partial charge on any atom is 0.293 e. The lowest BCUT2D eigenvalue weighted by Crippen LogP contribution is -2.41. The van der Waals surface area contributed by atoms with Crippen molar-refractivity contribution in [3.8, 4) is 11.3 Å². The van der Waals surface area contributed by atoms with Crippen LogP contribution in [0.15, 0.2) is 29.2 Å². The summed E-state index contributed by atoms with van der Waals surface area (Å²) in [5.41, 5.74) is 0.0453. The maximum atomic E-state index is 13.4. The molecule has 1 aliphatic rings. The first-order valence-electron chi connectivity index (χ1n) is 14.4. The molecule has 0 atom stereocenters. The SMILES string of the molecule is Cc1c(C(=O)NCC(C)(C)OC=O)cc(-c2ccc(S(=O)(=O)NC(C)(C)C)c(C(C)(C)O)c2)n1CC1CCCCC1. The number of amides is 1. The van der Waals surface area contributed by atoms with Crippen molar-refractivity contribution in [2.75, 3.05) is 6.54 Å². The summed E-state index contributed by atoms with van der Waals surface area (Å²) in [6.45, 7) is 15.0. The Morgan fingerprint density at radius 1 is 1.07 bits per heavy atom. The summed E-state index contributed by atoms with van der Waals surface area (Å²) in [6.07, 6.45) is 5.81. The van der Waals surface area contributed by atoms with Crippen LogP contribution in [0.25, 0.3) is 11.3 Å². The monoisotopic (exact) mass is 589 g/mol. The molecule has 0 bridgehead atoms. The van der Waals surface area contributed by atoms with Crippen molar-refractivity contribution in [1.29, 1.82) is 0 Å². The van der Waals surface area contributed by atoms with Gasteiger partial charge in [0.15, 0.2) is 0 Å². The lowest BCUT2D eigenvalue weighted by atomic mass is 9.89. The predicted molar refractivity (Wildman–Crippen MR) is 160 cm³/mol. The number of carbonyl (C=O) groups is 2. The molecule has 0 unspecified atom stereocenters. The summed E-state index contributed by atoms with van der Waals surface area (Å²) in [7, 11) is -3.92. The predicted octanol–water partition coefficient (Wildman–Crippen LogP) is 5.03. The van der Waals surface area contributed by atoms with Gasteiger partial charge < -0.3 is 19.7 Å². The lowest BCUT2D eigenvalue weighted by Gasteiger charge is -2.27. The average molecular weight is 590 g/mol. The molecular weight excluding hydrogens is 542 g/mol. The van der Waals surface area contributed by atoms with Gasteiger partial charge >= 0.3 is 0 Å². The summed E-state index contributed by atoms with van der Waals surface area (Å²) >= 11 is 0. The van der Waals surface area contributed by atoms with Crippen LogP contribution in [0.2, 0.25) is 0 Å². The van der Waals surface area contributed by atoms with Gasteiger partial charge in [0.2, 0.25) is 10.0 Å². The minimum absolute atomic E-state index is 0.0150. The fourth-order valence-electron chi connectivity index (χ4n) is 5.40. The van der Waals surface area contributed by atoms with Gasteiger partial charge in [-0.3, -0.25) is 9.59 Å². The van der Waals surface area contributed by atoms with Crippen LogP contribution in [0.1, 0.15) is 102 Å². The molecule has 1 aromatic carbocycles. The van der Waals surface area contributed by atoms with E-state index in [1.165, 1.54) is 25.3 Å². The molecule has 0 radical (unpaired) electrons. The van der Waals surface area contributed by atoms with Gasteiger partial charge in [0, 0.05) is 29.0 Å². The average Bonchev–Trinajstić information content (AvgIpc) is 3.17. The largest absolute Gasteiger partial charge is 0.460 e. The van der Waals surface area contributed by atoms with Crippen LogP contribution in [0, 0.1) is 12.8 Å². The number of hydrogen-bond acceptors (Lipinski definition) is 6. The fraction of sp³-hybridized carbons (Fsp3) is 0.613. The summed E-state index contributed by atoms with van der Waals surface area (Å²) in [6, 6.07) is 6.81. The molecule has 3 N–H and O–H groups in total. The van der Waals surface area contributed by atoms with Gasteiger partial charge in [0.25, 0.3) is 12.4 Å². The maximum absolute atomic E-state index is 13.4. The number of aliphatic hydroxyl groups is 1. The number of aromatic nitrogens is 1. The van der Waals surface area contributed by atoms with Gasteiger partial charge in [-0.15, -0.1) is 0 Å². The fourth-order valence-corrected chi connectivity index (χ4v) is 7.16. The van der Waals surface area contributed by atoms with Crippen molar-refractivity contribution in [2.24, 2.45) is 5.92 Å². The van der Waals surface area contributed by atoms with Gasteiger partial charge in [-0.1, -0.05) is 25.3 Å². The van der Waals surface area contributed by atoms with Crippen molar-refractivity contribution in [2.45, 2.75) is 116 Å². The number of nitrogens with one attached hydrogen (secondary N) is 2. The highest BCUT2D eigenvalue weighted by Crippen LogP contribution is 2.36. The first-order chi connectivity index (χ1) is 18.8. The Morgan fingerprint density at radius 2 is 1.71 bits per heavy atom. The Labute approximate surface area is 245 Å². The van der Waals surface area contributed by atoms with Crippen LogP contribution in [-0.2, 0) is 31.7 Å². The smallest absolute Gasteiger partial charge is 0.293 e. The Hall–Kier alpha value is -2.69. The lowest BCUT2D eigenvalue weighted by molar-refractivity contribution is -0.139. The summed E-state index contributed by atoms with van der Waals surface area (Å²) < 4.78 is 36.6. The molecule has 10 heteroatoms. The molecule has 1 heterocycles. The Morgan fingerprint density at radius 3 is 2.27 bits per heavy atom. The third kappa shape index (κ3) is 8.42. The van der Waals surface area contributed by atoms with Crippen molar-refractivity contribution >= 4 is 22.4 Å². The van der Waals surface area contributed by atoms with E-state index < -0.39 is 26.8 Å². The van der Waals surface area contributed by atoms with E-state index in [1.54, 1.807) is 60.6 Å². The Bertz CT molecular complexity index is 1360. The molecular formula is C31H47N3O6S. The van der Waals surface area contributed by atoms with Gasteiger partial charge in [-0.2, -0.15) is 0 Å². The topological polar surface area (TPSA) is 127 Å². The van der Waals surface area contributed by atoms with Crippen LogP contribution in [-0.4, -0.2) is 48.2 Å². The first kappa shape index (κ1) is 32.8. The zero-order valence-corrected chi connectivity index (χ0v) is 26.6. The quantitative estimate of drug-likeness (QED) is 0.316. The molecule has 2 aromatic rings. The van der Waals surface area contributed by atoms with Crippen LogP contribution in [0.4, 0.5) is 0 Å². The van der Waals surface area contributed by atoms with E-state index in [4.69, 9.17) is 4.74 Å². The molecule has 1 fully saturated rings. The molecule has 228 valence electrons. The second kappa shape index (κ2) is 12.3. The zero-order chi connectivity index (χ0) is 30.8. The normalized spacial score (nSPS) is 15.5. The van der Waals surface area contributed by atoms with Crippen LogP contribution < -0.4 is 10.0 Å². The Kier molecular flexibility index (Phi) is 9.82. The van der Waals surface area contributed by atoms with Crippen LogP contribution in [0.5, 0.6) is 0 Å². The molecule has 1 saturated carbocycles. The minimum Gasteiger partial charge on any atom is -0.460 e. The number of rotatable bonds is 11. The highest BCUT2D eigenvalue weighted by molar-refractivity contribution is 7.89. The highest BCUT2D eigenvalue weighted by Gasteiger charge is 2.31. The van der Waals surface area contributed by atoms with Crippen molar-refractivity contribution in [3.63, 3.8) is 0 Å². The van der Waals surface area contributed by atoms with E-state index in [1.807, 2.05) is 13.0 Å². The van der Waals surface area contributed by atoms with Gasteiger partial charge in [-0.05, 0) is 97.9 Å². The summed E-state index contributed by atoms with van der Waals surface area (Å²) in [4.78, 5) is 24.2. The molecule has 1 aliphatic carbocycles. The first-order valence-corrected chi connectivity index (χ1v) is 15.8. The number of carbonyl (C=O) groups excluding carboxylic acids is 2. The molecule has 3 rings (SSSR count). The third-order valence-electron chi connectivity index (χ3n) is 7.48. The standard InChI is InChI=1S/C31H47N3O6S/c1-21-24(28(36)32-19-30(5,6)40-20-35)17-26(34(21)18-22-12-10-9-11-13-22)23-14-15-27(25(16-23)31(7,8)37)41(38,39)33-29(2,3)4/h14-17,20,22,33,37H,9-13,18-19H2,1-8H3,(H,32,36). The van der Waals surface area contributed by atoms with E-state index in [0.717, 1.165) is 30.8 Å². The molecule has 0 aliphatic heterocycles. The molecule has 1 amide bonds. The number of ether oxygens (including phenoxy) is 1. The van der Waals surface area contributed by atoms with Crippen LogP contribution in [0.3, 0.4) is 0 Å².